The Kier molecular flexibility index (Phi) is 4.02. The van der Waals surface area contributed by atoms with E-state index in [4.69, 9.17) is 4.74 Å². The normalized spacial score (nSPS) is 18.5. The highest BCUT2D eigenvalue weighted by Gasteiger charge is 2.16. The van der Waals surface area contributed by atoms with Gasteiger partial charge >= 0.3 is 0 Å². The molecule has 1 aliphatic heterocycles. The van der Waals surface area contributed by atoms with Crippen molar-refractivity contribution in [2.45, 2.75) is 38.2 Å². The molecule has 104 valence electrons. The van der Waals surface area contributed by atoms with Crippen LogP contribution in [-0.4, -0.2) is 28.5 Å². The lowest BCUT2D eigenvalue weighted by atomic mass is 10.0. The van der Waals surface area contributed by atoms with Crippen molar-refractivity contribution in [3.8, 4) is 0 Å². The average Bonchev–Trinajstić information content (AvgIpc) is 3.00. The molecule has 0 aliphatic carbocycles. The summed E-state index contributed by atoms with van der Waals surface area (Å²) >= 11 is 0. The molecule has 2 heterocycles. The van der Waals surface area contributed by atoms with E-state index >= 15 is 0 Å². The van der Waals surface area contributed by atoms with Gasteiger partial charge < -0.3 is 4.74 Å². The van der Waals surface area contributed by atoms with E-state index in [2.05, 4.69) is 9.97 Å². The number of carbonyl (C=O) groups is 1. The number of benzene rings is 1. The lowest BCUT2D eigenvalue weighted by Crippen LogP contribution is -2.06. The molecule has 1 aliphatic rings. The van der Waals surface area contributed by atoms with E-state index in [9.17, 15) is 4.79 Å². The molecule has 0 spiro atoms. The zero-order valence-corrected chi connectivity index (χ0v) is 11.4. The molecule has 1 unspecified atom stereocenters. The van der Waals surface area contributed by atoms with Crippen molar-refractivity contribution in [3.05, 3.63) is 36.2 Å². The summed E-state index contributed by atoms with van der Waals surface area (Å²) in [6.07, 6.45) is 8.42. The Morgan fingerprint density at radius 3 is 2.90 bits per heavy atom. The summed E-state index contributed by atoms with van der Waals surface area (Å²) in [6, 6.07) is 5.53. The second kappa shape index (κ2) is 6.09. The Morgan fingerprint density at radius 2 is 2.10 bits per heavy atom. The largest absolute Gasteiger partial charge is 0.378 e. The summed E-state index contributed by atoms with van der Waals surface area (Å²) in [5, 5.41) is 0. The zero-order valence-electron chi connectivity index (χ0n) is 11.4. The molecule has 3 rings (SSSR count). The van der Waals surface area contributed by atoms with Gasteiger partial charge in [0.05, 0.1) is 17.1 Å². The van der Waals surface area contributed by atoms with Gasteiger partial charge in [-0.25, -0.2) is 0 Å². The summed E-state index contributed by atoms with van der Waals surface area (Å²) in [5.41, 5.74) is 2.33. The van der Waals surface area contributed by atoms with Crippen LogP contribution in [0.1, 0.15) is 42.5 Å². The molecular formula is C16H18N2O2. The van der Waals surface area contributed by atoms with E-state index < -0.39 is 0 Å². The maximum Gasteiger partial charge on any atom is 0.162 e. The second-order valence-corrected chi connectivity index (χ2v) is 5.21. The summed E-state index contributed by atoms with van der Waals surface area (Å²) in [5.74, 6) is 0.176. The van der Waals surface area contributed by atoms with Crippen molar-refractivity contribution in [1.82, 2.24) is 9.97 Å². The fraction of sp³-hybridized carbons (Fsp3) is 0.438. The Hall–Kier alpha value is -1.81. The molecule has 1 aromatic heterocycles. The molecule has 1 fully saturated rings. The maximum atomic E-state index is 12.2. The highest BCUT2D eigenvalue weighted by molar-refractivity contribution is 5.98. The average molecular weight is 270 g/mol. The number of aromatic nitrogens is 2. The highest BCUT2D eigenvalue weighted by Crippen LogP contribution is 2.19. The summed E-state index contributed by atoms with van der Waals surface area (Å²) < 4.78 is 5.57. The van der Waals surface area contributed by atoms with E-state index in [1.165, 1.54) is 0 Å². The number of fused-ring (bicyclic) bond motifs is 1. The molecule has 4 nitrogen and oxygen atoms in total. The number of Topliss-reactive ketones (excluding diaryl/α,β-unsaturated/α-hetero) is 1. The van der Waals surface area contributed by atoms with Crippen LogP contribution in [0, 0.1) is 0 Å². The molecule has 1 atom stereocenters. The minimum Gasteiger partial charge on any atom is -0.378 e. The van der Waals surface area contributed by atoms with Crippen LogP contribution in [-0.2, 0) is 4.74 Å². The van der Waals surface area contributed by atoms with E-state index in [0.717, 1.165) is 48.9 Å². The summed E-state index contributed by atoms with van der Waals surface area (Å²) in [6.45, 7) is 0.877. The predicted molar refractivity (Wildman–Crippen MR) is 76.7 cm³/mol. The van der Waals surface area contributed by atoms with Crippen LogP contribution in [0.5, 0.6) is 0 Å². The number of ketones is 1. The Balaban J connectivity index is 1.60. The molecule has 0 bridgehead atoms. The van der Waals surface area contributed by atoms with Gasteiger partial charge in [0.2, 0.25) is 0 Å². The molecule has 20 heavy (non-hydrogen) atoms. The van der Waals surface area contributed by atoms with Crippen LogP contribution in [0.2, 0.25) is 0 Å². The topological polar surface area (TPSA) is 52.1 Å². The van der Waals surface area contributed by atoms with Crippen molar-refractivity contribution in [3.63, 3.8) is 0 Å². The van der Waals surface area contributed by atoms with Crippen LogP contribution in [0.25, 0.3) is 11.0 Å². The van der Waals surface area contributed by atoms with Crippen molar-refractivity contribution >= 4 is 16.8 Å². The standard InChI is InChI=1S/C16H18N2O2/c19-16(5-1-3-13-4-2-10-20-13)12-6-7-14-15(11-12)18-9-8-17-14/h6-9,11,13H,1-5,10H2. The summed E-state index contributed by atoms with van der Waals surface area (Å²) in [7, 11) is 0. The van der Waals surface area contributed by atoms with Gasteiger partial charge in [0, 0.05) is 31.0 Å². The first-order valence-electron chi connectivity index (χ1n) is 7.18. The van der Waals surface area contributed by atoms with Gasteiger partial charge in [0.25, 0.3) is 0 Å². The fourth-order valence-corrected chi connectivity index (χ4v) is 2.64. The van der Waals surface area contributed by atoms with Crippen LogP contribution in [0.15, 0.2) is 30.6 Å². The van der Waals surface area contributed by atoms with E-state index in [1.54, 1.807) is 12.4 Å². The third-order valence-corrected chi connectivity index (χ3v) is 3.75. The van der Waals surface area contributed by atoms with Gasteiger partial charge in [-0.1, -0.05) is 0 Å². The van der Waals surface area contributed by atoms with Gasteiger partial charge in [0.15, 0.2) is 5.78 Å². The number of ether oxygens (including phenoxy) is 1. The molecule has 2 aromatic rings. The molecule has 0 N–H and O–H groups in total. The molecule has 4 heteroatoms. The lowest BCUT2D eigenvalue weighted by molar-refractivity contribution is 0.0923. The van der Waals surface area contributed by atoms with E-state index in [0.29, 0.717) is 12.5 Å². The van der Waals surface area contributed by atoms with Crippen LogP contribution >= 0.6 is 0 Å². The molecule has 0 amide bonds. The zero-order chi connectivity index (χ0) is 13.8. The molecule has 1 saturated heterocycles. The third kappa shape index (κ3) is 3.02. The first-order valence-corrected chi connectivity index (χ1v) is 7.18. The van der Waals surface area contributed by atoms with Crippen LogP contribution < -0.4 is 0 Å². The van der Waals surface area contributed by atoms with Crippen molar-refractivity contribution in [1.29, 1.82) is 0 Å². The fourth-order valence-electron chi connectivity index (χ4n) is 2.64. The molecule has 0 radical (unpaired) electrons. The van der Waals surface area contributed by atoms with Crippen molar-refractivity contribution in [2.24, 2.45) is 0 Å². The van der Waals surface area contributed by atoms with Crippen molar-refractivity contribution < 1.29 is 9.53 Å². The maximum absolute atomic E-state index is 12.2. The minimum absolute atomic E-state index is 0.176. The first-order chi connectivity index (χ1) is 9.83. The number of hydrogen-bond donors (Lipinski definition) is 0. The highest BCUT2D eigenvalue weighted by atomic mass is 16.5. The van der Waals surface area contributed by atoms with Gasteiger partial charge in [0.1, 0.15) is 0 Å². The van der Waals surface area contributed by atoms with E-state index in [-0.39, 0.29) is 5.78 Å². The number of rotatable bonds is 5. The Bertz CT molecular complexity index is 606. The minimum atomic E-state index is 0.176. The predicted octanol–water partition coefficient (Wildman–Crippen LogP) is 3.16. The number of hydrogen-bond acceptors (Lipinski definition) is 4. The monoisotopic (exact) mass is 270 g/mol. The van der Waals surface area contributed by atoms with Gasteiger partial charge in [-0.15, -0.1) is 0 Å². The van der Waals surface area contributed by atoms with Gasteiger partial charge in [-0.05, 0) is 43.9 Å². The third-order valence-electron chi connectivity index (χ3n) is 3.75. The van der Waals surface area contributed by atoms with Crippen LogP contribution in [0.4, 0.5) is 0 Å². The second-order valence-electron chi connectivity index (χ2n) is 5.21. The van der Waals surface area contributed by atoms with Gasteiger partial charge in [-0.3, -0.25) is 14.8 Å². The van der Waals surface area contributed by atoms with Crippen molar-refractivity contribution in [2.75, 3.05) is 6.61 Å². The lowest BCUT2D eigenvalue weighted by Gasteiger charge is -2.08. The smallest absolute Gasteiger partial charge is 0.162 e. The Labute approximate surface area is 118 Å². The first kappa shape index (κ1) is 13.2. The van der Waals surface area contributed by atoms with Gasteiger partial charge in [-0.2, -0.15) is 0 Å². The molecule has 0 saturated carbocycles. The van der Waals surface area contributed by atoms with E-state index in [1.807, 2.05) is 18.2 Å². The SMILES string of the molecule is O=C(CCCC1CCCO1)c1ccc2nccnc2c1. The quantitative estimate of drug-likeness (QED) is 0.783. The molecular weight excluding hydrogens is 252 g/mol. The number of nitrogens with zero attached hydrogens (tertiary/aromatic N) is 2. The number of carbonyl (C=O) groups excluding carboxylic acids is 1. The molecule has 1 aromatic carbocycles. The Morgan fingerprint density at radius 1 is 1.25 bits per heavy atom. The van der Waals surface area contributed by atoms with Crippen LogP contribution in [0.3, 0.4) is 0 Å². The summed E-state index contributed by atoms with van der Waals surface area (Å²) in [4.78, 5) is 20.6.